The number of rotatable bonds is 22. The van der Waals surface area contributed by atoms with Gasteiger partial charge in [-0.1, -0.05) is 83.7 Å². The van der Waals surface area contributed by atoms with Crippen molar-refractivity contribution in [1.82, 2.24) is 35.7 Å². The molecule has 1 unspecified atom stereocenters. The number of para-hydroxylation sites is 1. The molecule has 3 aromatic rings. The maximum absolute atomic E-state index is 14.6. The highest BCUT2D eigenvalue weighted by molar-refractivity contribution is 6.38. The molecule has 18 heteroatoms. The number of Topliss-reactive ketones (excluding diaryl/α,β-unsaturated/α-hetero) is 4. The van der Waals surface area contributed by atoms with E-state index in [9.17, 15) is 47.5 Å². The van der Waals surface area contributed by atoms with Crippen LogP contribution in [-0.4, -0.2) is 112 Å². The summed E-state index contributed by atoms with van der Waals surface area (Å²) in [6, 6.07) is 10.2. The van der Waals surface area contributed by atoms with Crippen LogP contribution >= 0.6 is 0 Å². The SMILES string of the molecule is CCC[C@H](CC(=O)[C@@H]1CN(C(=O)Nc2ccccc2)C[C@@H]1NC(=O)[C@@H](CC(=O)[C@@H](NC(=O)c1cnccn1)C1CCCCC1)C(C)(C)C)C(=O)C(=O)CCC(=O)NC(C(=O)N(C)C)c1ccc(F)cc1. The van der Waals surface area contributed by atoms with Gasteiger partial charge in [0.05, 0.1) is 24.2 Å². The molecule has 1 aromatic heterocycles. The lowest BCUT2D eigenvalue weighted by Gasteiger charge is -2.34. The molecule has 0 radical (unpaired) electrons. The van der Waals surface area contributed by atoms with Crippen molar-refractivity contribution in [2.75, 3.05) is 32.5 Å². The lowest BCUT2D eigenvalue weighted by molar-refractivity contribution is -0.141. The molecule has 2 aliphatic rings. The normalized spacial score (nSPS) is 17.8. The van der Waals surface area contributed by atoms with Crippen LogP contribution in [0.5, 0.6) is 0 Å². The third kappa shape index (κ3) is 15.1. The summed E-state index contributed by atoms with van der Waals surface area (Å²) in [5.74, 6) is -8.45. The summed E-state index contributed by atoms with van der Waals surface area (Å²) in [7, 11) is 2.99. The van der Waals surface area contributed by atoms with Crippen molar-refractivity contribution in [3.05, 3.63) is 90.3 Å². The minimum Gasteiger partial charge on any atom is -0.351 e. The Morgan fingerprint density at radius 3 is 2.14 bits per heavy atom. The van der Waals surface area contributed by atoms with Gasteiger partial charge in [0.25, 0.3) is 5.91 Å². The van der Waals surface area contributed by atoms with Gasteiger partial charge in [-0.05, 0) is 60.4 Å². The van der Waals surface area contributed by atoms with E-state index in [1.54, 1.807) is 37.3 Å². The molecule has 4 N–H and O–H groups in total. The number of urea groups is 1. The van der Waals surface area contributed by atoms with Crippen LogP contribution < -0.4 is 21.3 Å². The predicted molar refractivity (Wildman–Crippen MR) is 258 cm³/mol. The maximum atomic E-state index is 14.6. The molecule has 0 spiro atoms. The molecule has 6 amide bonds. The van der Waals surface area contributed by atoms with E-state index in [0.29, 0.717) is 17.7 Å². The Hall–Kier alpha value is -6.72. The van der Waals surface area contributed by atoms with Crippen molar-refractivity contribution < 1.29 is 47.5 Å². The summed E-state index contributed by atoms with van der Waals surface area (Å²) >= 11 is 0. The first-order valence-electron chi connectivity index (χ1n) is 24.1. The summed E-state index contributed by atoms with van der Waals surface area (Å²) in [6.07, 6.45) is 7.42. The van der Waals surface area contributed by atoms with Crippen LogP contribution in [0.25, 0.3) is 0 Å². The number of carbonyl (C=O) groups is 9. The molecule has 70 heavy (non-hydrogen) atoms. The smallest absolute Gasteiger partial charge is 0.321 e. The standard InChI is InChI=1S/C52H67FN8O9/c1-7-14-34(47(66)41(62)23-24-44(65)58-46(50(69)60(5)6)33-19-21-35(53)22-20-33)27-42(63)37-30-61(51(70)56-36-17-12-9-13-18-36)31-40(37)57-48(67)38(52(2,3)4)28-43(64)45(32-15-10-8-11-16-32)59-49(68)39-29-54-25-26-55-39/h9,12-13,17-22,25-26,29,32,34,37-38,40,45-46H,7-8,10-11,14-16,23-24,27-28,30-31H2,1-6H3,(H,56,70)(H,57,67)(H,58,65)(H,59,68)/t34-,37-,38-,40+,45+,46?/m1/s1. The lowest BCUT2D eigenvalue weighted by atomic mass is 9.74. The first-order chi connectivity index (χ1) is 33.3. The van der Waals surface area contributed by atoms with Crippen LogP contribution in [0.4, 0.5) is 14.9 Å². The van der Waals surface area contributed by atoms with Crippen molar-refractivity contribution in [3.8, 4) is 0 Å². The Morgan fingerprint density at radius 2 is 1.53 bits per heavy atom. The van der Waals surface area contributed by atoms with Crippen molar-refractivity contribution in [2.45, 2.75) is 116 Å². The van der Waals surface area contributed by atoms with E-state index in [0.717, 1.165) is 44.2 Å². The number of hydrogen-bond donors (Lipinski definition) is 4. The molecule has 1 saturated carbocycles. The second kappa shape index (κ2) is 25.2. The molecule has 1 aliphatic heterocycles. The molecule has 5 rings (SSSR count). The van der Waals surface area contributed by atoms with E-state index in [4.69, 9.17) is 0 Å². The van der Waals surface area contributed by atoms with Gasteiger partial charge in [0.2, 0.25) is 23.5 Å². The maximum Gasteiger partial charge on any atom is 0.321 e. The van der Waals surface area contributed by atoms with E-state index in [1.807, 2.05) is 20.8 Å². The minimum atomic E-state index is -1.17. The van der Waals surface area contributed by atoms with E-state index in [1.165, 1.54) is 54.6 Å². The first-order valence-corrected chi connectivity index (χ1v) is 24.1. The molecule has 6 atom stereocenters. The molecular weight excluding hydrogens is 900 g/mol. The zero-order valence-electron chi connectivity index (χ0n) is 41.0. The molecule has 1 aliphatic carbocycles. The predicted octanol–water partition coefficient (Wildman–Crippen LogP) is 5.80. The monoisotopic (exact) mass is 967 g/mol. The third-order valence-electron chi connectivity index (χ3n) is 13.2. The number of likely N-dealkylation sites (tertiary alicyclic amines) is 1. The number of hydrogen-bond acceptors (Lipinski definition) is 11. The van der Waals surface area contributed by atoms with Crippen molar-refractivity contribution in [2.24, 2.45) is 29.1 Å². The fraction of sp³-hybridized carbons (Fsp3) is 0.519. The fourth-order valence-electron chi connectivity index (χ4n) is 9.21. The van der Waals surface area contributed by atoms with Crippen LogP contribution in [-0.2, 0) is 33.6 Å². The van der Waals surface area contributed by atoms with Gasteiger partial charge in [-0.3, -0.25) is 43.3 Å². The molecule has 2 fully saturated rings. The van der Waals surface area contributed by atoms with Crippen molar-refractivity contribution in [1.29, 1.82) is 0 Å². The third-order valence-corrected chi connectivity index (χ3v) is 13.2. The first kappa shape index (κ1) is 54.2. The number of likely N-dealkylation sites (N-methyl/N-ethyl adjacent to an activating group) is 1. The fourth-order valence-corrected chi connectivity index (χ4v) is 9.21. The molecule has 2 heterocycles. The Labute approximate surface area is 408 Å². The zero-order chi connectivity index (χ0) is 51.1. The van der Waals surface area contributed by atoms with E-state index in [2.05, 4.69) is 31.2 Å². The Kier molecular flexibility index (Phi) is 19.5. The number of aromatic nitrogens is 2. The van der Waals surface area contributed by atoms with Gasteiger partial charge >= 0.3 is 6.03 Å². The van der Waals surface area contributed by atoms with Gasteiger partial charge in [-0.25, -0.2) is 14.2 Å². The van der Waals surface area contributed by atoms with Crippen LogP contribution in [0.2, 0.25) is 0 Å². The number of benzene rings is 2. The second-order valence-electron chi connectivity index (χ2n) is 19.7. The highest BCUT2D eigenvalue weighted by atomic mass is 19.1. The number of ketones is 4. The summed E-state index contributed by atoms with van der Waals surface area (Å²) < 4.78 is 13.7. The summed E-state index contributed by atoms with van der Waals surface area (Å²) in [5.41, 5.74) is 0.0973. The molecular formula is C52H67FN8O9. The quantitative estimate of drug-likeness (QED) is 0.0879. The number of nitrogens with zero attached hydrogens (tertiary/aromatic N) is 4. The molecule has 0 bridgehead atoms. The molecule has 1 saturated heterocycles. The Morgan fingerprint density at radius 1 is 0.843 bits per heavy atom. The molecule has 17 nitrogen and oxygen atoms in total. The second-order valence-corrected chi connectivity index (χ2v) is 19.7. The number of anilines is 1. The summed E-state index contributed by atoms with van der Waals surface area (Å²) in [6.45, 7) is 7.06. The van der Waals surface area contributed by atoms with E-state index >= 15 is 0 Å². The minimum absolute atomic E-state index is 0.0567. The zero-order valence-corrected chi connectivity index (χ0v) is 41.0. The van der Waals surface area contributed by atoms with Gasteiger partial charge in [0.15, 0.2) is 11.6 Å². The number of carbonyl (C=O) groups excluding carboxylic acids is 9. The number of amides is 6. The number of halogens is 1. The largest absolute Gasteiger partial charge is 0.351 e. The van der Waals surface area contributed by atoms with Gasteiger partial charge < -0.3 is 31.1 Å². The van der Waals surface area contributed by atoms with Gasteiger partial charge in [0, 0.05) is 82.8 Å². The van der Waals surface area contributed by atoms with Crippen LogP contribution in [0.3, 0.4) is 0 Å². The highest BCUT2D eigenvalue weighted by Crippen LogP contribution is 2.34. The van der Waals surface area contributed by atoms with Crippen LogP contribution in [0, 0.1) is 34.9 Å². The number of nitrogens with one attached hydrogen (secondary N) is 4. The van der Waals surface area contributed by atoms with Gasteiger partial charge in [0.1, 0.15) is 23.3 Å². The van der Waals surface area contributed by atoms with Gasteiger partial charge in [-0.2, -0.15) is 0 Å². The average Bonchev–Trinajstić information content (AvgIpc) is 3.77. The lowest BCUT2D eigenvalue weighted by Crippen LogP contribution is -2.51. The van der Waals surface area contributed by atoms with Crippen LogP contribution in [0.15, 0.2) is 73.2 Å². The Balaban J connectivity index is 1.32. The molecule has 2 aromatic carbocycles. The van der Waals surface area contributed by atoms with Gasteiger partial charge in [-0.15, -0.1) is 0 Å². The average molecular weight is 967 g/mol. The van der Waals surface area contributed by atoms with Crippen molar-refractivity contribution >= 4 is 58.5 Å². The van der Waals surface area contributed by atoms with E-state index < -0.39 is 107 Å². The van der Waals surface area contributed by atoms with Crippen molar-refractivity contribution in [3.63, 3.8) is 0 Å². The topological polar surface area (TPSA) is 234 Å². The highest BCUT2D eigenvalue weighted by Gasteiger charge is 2.45. The van der Waals surface area contributed by atoms with E-state index in [-0.39, 0.29) is 49.7 Å². The van der Waals surface area contributed by atoms with Crippen LogP contribution in [0.1, 0.15) is 120 Å². The summed E-state index contributed by atoms with van der Waals surface area (Å²) in [4.78, 5) is 134. The Bertz CT molecular complexity index is 2340. The molecule has 376 valence electrons. The summed E-state index contributed by atoms with van der Waals surface area (Å²) in [5, 5.41) is 11.3.